The van der Waals surface area contributed by atoms with Crippen molar-refractivity contribution in [2.75, 3.05) is 18.6 Å². The number of nitrogens with one attached hydrogen (secondary N) is 1. The molecule has 15 heavy (non-hydrogen) atoms. The number of halogens is 1. The zero-order valence-corrected chi connectivity index (χ0v) is 11.0. The lowest BCUT2D eigenvalue weighted by Crippen LogP contribution is -2.24. The van der Waals surface area contributed by atoms with Gasteiger partial charge in [0.05, 0.1) is 10.1 Å². The van der Waals surface area contributed by atoms with Crippen molar-refractivity contribution >= 4 is 32.8 Å². The smallest absolute Gasteiger partial charge is 0.148 e. The lowest BCUT2D eigenvalue weighted by molar-refractivity contribution is 0.579. The molecule has 1 aromatic heterocycles. The SMILES string of the molecule is CC(NCCS(C)(=O)=O)c1ccc(Cl)s1. The average molecular weight is 268 g/mol. The third-order valence-electron chi connectivity index (χ3n) is 1.94. The zero-order chi connectivity index (χ0) is 11.5. The van der Waals surface area contributed by atoms with Gasteiger partial charge in [0.1, 0.15) is 9.84 Å². The lowest BCUT2D eigenvalue weighted by atomic mass is 10.3. The molecule has 1 aromatic rings. The van der Waals surface area contributed by atoms with Gasteiger partial charge >= 0.3 is 0 Å². The summed E-state index contributed by atoms with van der Waals surface area (Å²) in [5.74, 6) is 0.163. The van der Waals surface area contributed by atoms with E-state index in [0.717, 1.165) is 9.21 Å². The van der Waals surface area contributed by atoms with Crippen molar-refractivity contribution in [3.05, 3.63) is 21.3 Å². The first kappa shape index (κ1) is 13.0. The van der Waals surface area contributed by atoms with E-state index in [2.05, 4.69) is 5.32 Å². The summed E-state index contributed by atoms with van der Waals surface area (Å²) in [7, 11) is -2.88. The molecule has 3 nitrogen and oxygen atoms in total. The van der Waals surface area contributed by atoms with Crippen molar-refractivity contribution in [3.63, 3.8) is 0 Å². The Morgan fingerprint density at radius 1 is 1.53 bits per heavy atom. The van der Waals surface area contributed by atoms with Gasteiger partial charge in [-0.2, -0.15) is 0 Å². The Hall–Kier alpha value is -0.100. The summed E-state index contributed by atoms with van der Waals surface area (Å²) in [6, 6.07) is 3.94. The fraction of sp³-hybridized carbons (Fsp3) is 0.556. The quantitative estimate of drug-likeness (QED) is 0.889. The van der Waals surface area contributed by atoms with Crippen molar-refractivity contribution in [1.29, 1.82) is 0 Å². The van der Waals surface area contributed by atoms with E-state index >= 15 is 0 Å². The molecule has 0 aromatic carbocycles. The predicted octanol–water partition coefficient (Wildman–Crippen LogP) is 2.10. The largest absolute Gasteiger partial charge is 0.308 e. The molecular weight excluding hydrogens is 254 g/mol. The number of hydrogen-bond donors (Lipinski definition) is 1. The highest BCUT2D eigenvalue weighted by Gasteiger charge is 2.08. The first-order valence-electron chi connectivity index (χ1n) is 4.55. The Bertz CT molecular complexity index is 414. The summed E-state index contributed by atoms with van der Waals surface area (Å²) in [4.78, 5) is 1.12. The molecule has 1 heterocycles. The van der Waals surface area contributed by atoms with Gasteiger partial charge in [-0.1, -0.05) is 11.6 Å². The molecule has 6 heteroatoms. The molecule has 1 N–H and O–H groups in total. The molecule has 0 aliphatic heterocycles. The minimum Gasteiger partial charge on any atom is -0.308 e. The number of rotatable bonds is 5. The van der Waals surface area contributed by atoms with Crippen LogP contribution in [0.2, 0.25) is 4.34 Å². The standard InChI is InChI=1S/C9H14ClNO2S2/c1-7(8-3-4-9(10)14-8)11-5-6-15(2,12)13/h3-4,7,11H,5-6H2,1-2H3. The Morgan fingerprint density at radius 3 is 2.67 bits per heavy atom. The van der Waals surface area contributed by atoms with E-state index in [-0.39, 0.29) is 11.8 Å². The normalized spacial score (nSPS) is 14.1. The second kappa shape index (κ2) is 5.30. The summed E-state index contributed by atoms with van der Waals surface area (Å²) < 4.78 is 22.5. The van der Waals surface area contributed by atoms with Gasteiger partial charge in [-0.15, -0.1) is 11.3 Å². The van der Waals surface area contributed by atoms with Gasteiger partial charge in [-0.05, 0) is 19.1 Å². The van der Waals surface area contributed by atoms with Crippen LogP contribution in [0.5, 0.6) is 0 Å². The van der Waals surface area contributed by atoms with E-state index in [1.165, 1.54) is 17.6 Å². The second-order valence-electron chi connectivity index (χ2n) is 3.45. The molecule has 1 rings (SSSR count). The van der Waals surface area contributed by atoms with E-state index in [0.29, 0.717) is 6.54 Å². The van der Waals surface area contributed by atoms with Crippen LogP contribution in [0.25, 0.3) is 0 Å². The van der Waals surface area contributed by atoms with Crippen molar-refractivity contribution in [3.8, 4) is 0 Å². The Kier molecular flexibility index (Phi) is 4.58. The minimum atomic E-state index is -2.88. The van der Waals surface area contributed by atoms with Gasteiger partial charge < -0.3 is 5.32 Å². The molecule has 1 unspecified atom stereocenters. The monoisotopic (exact) mass is 267 g/mol. The molecule has 1 atom stereocenters. The summed E-state index contributed by atoms with van der Waals surface area (Å²) >= 11 is 7.31. The number of thiophene rings is 1. The molecule has 0 amide bonds. The molecule has 0 radical (unpaired) electrons. The van der Waals surface area contributed by atoms with Crippen LogP contribution in [-0.4, -0.2) is 27.0 Å². The average Bonchev–Trinajstić information content (AvgIpc) is 2.49. The molecule has 0 bridgehead atoms. The molecular formula is C9H14ClNO2S2. The molecule has 0 aliphatic rings. The van der Waals surface area contributed by atoms with Crippen LogP contribution in [0.15, 0.2) is 12.1 Å². The van der Waals surface area contributed by atoms with Gasteiger partial charge in [-0.25, -0.2) is 8.42 Å². The highest BCUT2D eigenvalue weighted by molar-refractivity contribution is 7.90. The van der Waals surface area contributed by atoms with Crippen LogP contribution in [-0.2, 0) is 9.84 Å². The Morgan fingerprint density at radius 2 is 2.20 bits per heavy atom. The lowest BCUT2D eigenvalue weighted by Gasteiger charge is -2.10. The molecule has 0 saturated heterocycles. The fourth-order valence-corrected chi connectivity index (χ4v) is 2.70. The maximum absolute atomic E-state index is 10.9. The molecule has 0 aliphatic carbocycles. The minimum absolute atomic E-state index is 0.143. The van der Waals surface area contributed by atoms with Gasteiger partial charge in [-0.3, -0.25) is 0 Å². The predicted molar refractivity (Wildman–Crippen MR) is 65.5 cm³/mol. The summed E-state index contributed by atoms with van der Waals surface area (Å²) in [5.41, 5.74) is 0. The van der Waals surface area contributed by atoms with Crippen LogP contribution in [0.4, 0.5) is 0 Å². The summed E-state index contributed by atoms with van der Waals surface area (Å²) in [6.07, 6.45) is 1.24. The highest BCUT2D eigenvalue weighted by atomic mass is 35.5. The first-order valence-corrected chi connectivity index (χ1v) is 7.80. The third kappa shape index (κ3) is 4.97. The van der Waals surface area contributed by atoms with E-state index in [4.69, 9.17) is 11.6 Å². The zero-order valence-electron chi connectivity index (χ0n) is 8.66. The van der Waals surface area contributed by atoms with Crippen molar-refractivity contribution < 1.29 is 8.42 Å². The van der Waals surface area contributed by atoms with E-state index in [9.17, 15) is 8.42 Å². The van der Waals surface area contributed by atoms with E-state index in [1.54, 1.807) is 0 Å². The first-order chi connectivity index (χ1) is 6.88. The molecule has 86 valence electrons. The molecule has 0 saturated carbocycles. The Labute approximate surface area is 99.4 Å². The third-order valence-corrected chi connectivity index (χ3v) is 4.30. The van der Waals surface area contributed by atoms with E-state index < -0.39 is 9.84 Å². The van der Waals surface area contributed by atoms with E-state index in [1.807, 2.05) is 19.1 Å². The maximum Gasteiger partial charge on any atom is 0.148 e. The van der Waals surface area contributed by atoms with Crippen LogP contribution in [0, 0.1) is 0 Å². The topological polar surface area (TPSA) is 46.2 Å². The highest BCUT2D eigenvalue weighted by Crippen LogP contribution is 2.26. The summed E-state index contributed by atoms with van der Waals surface area (Å²) in [6.45, 7) is 2.46. The van der Waals surface area contributed by atoms with Crippen molar-refractivity contribution in [2.45, 2.75) is 13.0 Å². The second-order valence-corrected chi connectivity index (χ2v) is 7.45. The van der Waals surface area contributed by atoms with Crippen molar-refractivity contribution in [1.82, 2.24) is 5.32 Å². The number of hydrogen-bond acceptors (Lipinski definition) is 4. The van der Waals surface area contributed by atoms with Gasteiger partial charge in [0.25, 0.3) is 0 Å². The van der Waals surface area contributed by atoms with Crippen LogP contribution < -0.4 is 5.32 Å². The van der Waals surface area contributed by atoms with Crippen LogP contribution in [0.3, 0.4) is 0 Å². The maximum atomic E-state index is 10.9. The van der Waals surface area contributed by atoms with Crippen LogP contribution in [0.1, 0.15) is 17.8 Å². The van der Waals surface area contributed by atoms with Crippen molar-refractivity contribution in [2.24, 2.45) is 0 Å². The fourth-order valence-electron chi connectivity index (χ4n) is 1.12. The molecule has 0 fully saturated rings. The Balaban J connectivity index is 2.40. The van der Waals surface area contributed by atoms with Gasteiger partial charge in [0, 0.05) is 23.7 Å². The summed E-state index contributed by atoms with van der Waals surface area (Å²) in [5, 5.41) is 3.14. The van der Waals surface area contributed by atoms with Gasteiger partial charge in [0.15, 0.2) is 0 Å². The van der Waals surface area contributed by atoms with Crippen LogP contribution >= 0.6 is 22.9 Å². The number of sulfone groups is 1. The van der Waals surface area contributed by atoms with Gasteiger partial charge in [0.2, 0.25) is 0 Å². The molecule has 0 spiro atoms.